The van der Waals surface area contributed by atoms with E-state index >= 15 is 0 Å². The number of carbonyl (C=O) groups is 1. The molecule has 3 N–H and O–H groups in total. The summed E-state index contributed by atoms with van der Waals surface area (Å²) in [6.07, 6.45) is 6.87. The molecule has 0 unspecified atom stereocenters. The maximum Gasteiger partial charge on any atom is 0.226 e. The number of aromatic amines is 2. The minimum Gasteiger partial charge on any atom is -0.324 e. The van der Waals surface area contributed by atoms with E-state index in [0.717, 1.165) is 32.4 Å². The fourth-order valence-electron chi connectivity index (χ4n) is 3.99. The van der Waals surface area contributed by atoms with E-state index in [1.807, 2.05) is 32.0 Å². The average molecular weight is 495 g/mol. The highest BCUT2D eigenvalue weighted by atomic mass is 32.1. The third kappa shape index (κ3) is 3.91. The zero-order valence-electron chi connectivity index (χ0n) is 19.8. The summed E-state index contributed by atoms with van der Waals surface area (Å²) in [6, 6.07) is 10.0. The second-order valence-corrected chi connectivity index (χ2v) is 10.1. The number of thiophene rings is 1. The van der Waals surface area contributed by atoms with Crippen molar-refractivity contribution in [2.45, 2.75) is 20.8 Å². The number of hydrogen-bond donors (Lipinski definition) is 3. The lowest BCUT2D eigenvalue weighted by Crippen LogP contribution is -2.17. The Morgan fingerprint density at radius 1 is 1.08 bits per heavy atom. The quantitative estimate of drug-likeness (QED) is 0.287. The molecule has 0 radical (unpaired) electrons. The normalized spacial score (nSPS) is 11.6. The standard InChI is InChI=1S/C26H22N8OS/c1-13(2)26(35)30-16-8-15(10-27-11-16)19-9-18-20(12-29-19)33-34-23(18)25-31-22-17(6-7-28-24(22)32-25)21-5-4-14(3)36-21/h4-13H,1-3H3,(H,30,35)(H,33,34)(H,28,31,32). The summed E-state index contributed by atoms with van der Waals surface area (Å²) in [7, 11) is 0. The van der Waals surface area contributed by atoms with Gasteiger partial charge in [0, 0.05) is 44.6 Å². The molecule has 6 heterocycles. The smallest absolute Gasteiger partial charge is 0.226 e. The Balaban J connectivity index is 1.41. The largest absolute Gasteiger partial charge is 0.324 e. The first-order valence-electron chi connectivity index (χ1n) is 11.5. The van der Waals surface area contributed by atoms with Crippen LogP contribution in [-0.4, -0.2) is 41.0 Å². The number of anilines is 1. The number of imidazole rings is 1. The van der Waals surface area contributed by atoms with Crippen LogP contribution in [0.5, 0.6) is 0 Å². The predicted octanol–water partition coefficient (Wildman–Crippen LogP) is 5.59. The molecule has 0 saturated carbocycles. The van der Waals surface area contributed by atoms with Crippen molar-refractivity contribution in [1.82, 2.24) is 35.1 Å². The van der Waals surface area contributed by atoms with Crippen LogP contribution < -0.4 is 5.32 Å². The number of amides is 1. The number of rotatable bonds is 5. The minimum atomic E-state index is -0.126. The van der Waals surface area contributed by atoms with Gasteiger partial charge in [0.25, 0.3) is 0 Å². The van der Waals surface area contributed by atoms with Gasteiger partial charge in [0.15, 0.2) is 11.5 Å². The van der Waals surface area contributed by atoms with Gasteiger partial charge >= 0.3 is 0 Å². The van der Waals surface area contributed by atoms with Gasteiger partial charge in [0.05, 0.1) is 29.3 Å². The summed E-state index contributed by atoms with van der Waals surface area (Å²) >= 11 is 1.73. The first kappa shape index (κ1) is 22.1. The minimum absolute atomic E-state index is 0.0648. The van der Waals surface area contributed by atoms with Crippen molar-refractivity contribution in [3.63, 3.8) is 0 Å². The van der Waals surface area contributed by atoms with E-state index in [-0.39, 0.29) is 11.8 Å². The van der Waals surface area contributed by atoms with E-state index in [9.17, 15) is 4.79 Å². The third-order valence-corrected chi connectivity index (χ3v) is 6.92. The van der Waals surface area contributed by atoms with Gasteiger partial charge in [0.1, 0.15) is 11.2 Å². The number of carbonyl (C=O) groups excluding carboxylic acids is 1. The van der Waals surface area contributed by atoms with Crippen molar-refractivity contribution in [2.24, 2.45) is 5.92 Å². The zero-order valence-corrected chi connectivity index (χ0v) is 20.6. The molecule has 9 nitrogen and oxygen atoms in total. The first-order chi connectivity index (χ1) is 17.5. The molecule has 6 rings (SSSR count). The maximum absolute atomic E-state index is 12.1. The number of aromatic nitrogens is 7. The summed E-state index contributed by atoms with van der Waals surface area (Å²) in [5, 5.41) is 11.3. The van der Waals surface area contributed by atoms with Gasteiger partial charge in [-0.2, -0.15) is 5.10 Å². The molecule has 0 fully saturated rings. The summed E-state index contributed by atoms with van der Waals surface area (Å²) in [6.45, 7) is 5.79. The fourth-order valence-corrected chi connectivity index (χ4v) is 4.88. The van der Waals surface area contributed by atoms with E-state index in [4.69, 9.17) is 4.98 Å². The lowest BCUT2D eigenvalue weighted by atomic mass is 10.1. The highest BCUT2D eigenvalue weighted by Crippen LogP contribution is 2.34. The van der Waals surface area contributed by atoms with Crippen LogP contribution in [0.3, 0.4) is 0 Å². The summed E-state index contributed by atoms with van der Waals surface area (Å²) in [4.78, 5) is 36.1. The number of fused-ring (bicyclic) bond motifs is 2. The Bertz CT molecular complexity index is 1750. The van der Waals surface area contributed by atoms with Crippen molar-refractivity contribution in [1.29, 1.82) is 0 Å². The molecule has 0 spiro atoms. The monoisotopic (exact) mass is 494 g/mol. The molecular weight excluding hydrogens is 472 g/mol. The molecule has 0 atom stereocenters. The highest BCUT2D eigenvalue weighted by molar-refractivity contribution is 7.15. The molecule has 36 heavy (non-hydrogen) atoms. The van der Waals surface area contributed by atoms with Crippen molar-refractivity contribution in [3.05, 3.63) is 60.0 Å². The van der Waals surface area contributed by atoms with Crippen molar-refractivity contribution >= 4 is 45.0 Å². The number of pyridine rings is 3. The maximum atomic E-state index is 12.1. The molecule has 0 aliphatic carbocycles. The van der Waals surface area contributed by atoms with E-state index in [0.29, 0.717) is 28.5 Å². The molecule has 0 aromatic carbocycles. The molecule has 6 aromatic heterocycles. The molecule has 1 amide bonds. The Kier molecular flexibility index (Phi) is 5.30. The summed E-state index contributed by atoms with van der Waals surface area (Å²) in [5.41, 5.74) is 6.13. The van der Waals surface area contributed by atoms with Gasteiger partial charge in [0.2, 0.25) is 5.91 Å². The topological polar surface area (TPSA) is 125 Å². The van der Waals surface area contributed by atoms with E-state index in [2.05, 4.69) is 54.5 Å². The van der Waals surface area contributed by atoms with Crippen molar-refractivity contribution < 1.29 is 4.79 Å². The predicted molar refractivity (Wildman–Crippen MR) is 142 cm³/mol. The summed E-state index contributed by atoms with van der Waals surface area (Å²) < 4.78 is 0. The third-order valence-electron chi connectivity index (χ3n) is 5.89. The van der Waals surface area contributed by atoms with Gasteiger partial charge in [-0.15, -0.1) is 11.3 Å². The second-order valence-electron chi connectivity index (χ2n) is 8.85. The van der Waals surface area contributed by atoms with Crippen LogP contribution in [0.4, 0.5) is 5.69 Å². The van der Waals surface area contributed by atoms with Gasteiger partial charge in [-0.1, -0.05) is 13.8 Å². The molecule has 6 aromatic rings. The van der Waals surface area contributed by atoms with Crippen LogP contribution in [0.2, 0.25) is 0 Å². The van der Waals surface area contributed by atoms with Crippen LogP contribution >= 0.6 is 11.3 Å². The molecule has 10 heteroatoms. The van der Waals surface area contributed by atoms with Gasteiger partial charge in [-0.3, -0.25) is 19.9 Å². The second kappa shape index (κ2) is 8.65. The number of aryl methyl sites for hydroxylation is 1. The molecule has 0 saturated heterocycles. The van der Waals surface area contributed by atoms with Crippen LogP contribution in [0.25, 0.3) is 55.3 Å². The number of nitrogens with zero attached hydrogens (tertiary/aromatic N) is 5. The first-order valence-corrected chi connectivity index (χ1v) is 12.3. The van der Waals surface area contributed by atoms with Crippen LogP contribution in [0, 0.1) is 12.8 Å². The Morgan fingerprint density at radius 3 is 2.78 bits per heavy atom. The van der Waals surface area contributed by atoms with Gasteiger partial charge in [-0.05, 0) is 37.3 Å². The molecular formula is C26H22N8OS. The molecule has 0 aliphatic heterocycles. The molecule has 0 aliphatic rings. The lowest BCUT2D eigenvalue weighted by molar-refractivity contribution is -0.118. The SMILES string of the molecule is Cc1ccc(-c2ccnc3[nH]c(-c4n[nH]c5cnc(-c6cncc(NC(=O)C(C)C)c6)cc45)nc23)s1. The lowest BCUT2D eigenvalue weighted by Gasteiger charge is -2.08. The fraction of sp³-hybridized carbons (Fsp3) is 0.154. The zero-order chi connectivity index (χ0) is 24.8. The Hall–Kier alpha value is -4.44. The number of H-pyrrole nitrogens is 2. The van der Waals surface area contributed by atoms with Crippen molar-refractivity contribution in [3.8, 4) is 33.2 Å². The van der Waals surface area contributed by atoms with Gasteiger partial charge < -0.3 is 10.3 Å². The van der Waals surface area contributed by atoms with Gasteiger partial charge in [-0.25, -0.2) is 9.97 Å². The van der Waals surface area contributed by atoms with E-state index < -0.39 is 0 Å². The van der Waals surface area contributed by atoms with Crippen LogP contribution in [0.15, 0.2) is 55.1 Å². The van der Waals surface area contributed by atoms with E-state index in [1.54, 1.807) is 36.1 Å². The highest BCUT2D eigenvalue weighted by Gasteiger charge is 2.17. The number of hydrogen-bond acceptors (Lipinski definition) is 7. The molecule has 178 valence electrons. The Labute approximate surface area is 210 Å². The molecule has 0 bridgehead atoms. The van der Waals surface area contributed by atoms with E-state index in [1.165, 1.54) is 4.88 Å². The van der Waals surface area contributed by atoms with Crippen molar-refractivity contribution in [2.75, 3.05) is 5.32 Å². The van der Waals surface area contributed by atoms with Crippen LogP contribution in [0.1, 0.15) is 18.7 Å². The summed E-state index contributed by atoms with van der Waals surface area (Å²) in [5.74, 6) is 0.432. The van der Waals surface area contributed by atoms with Crippen LogP contribution in [-0.2, 0) is 4.79 Å². The Morgan fingerprint density at radius 2 is 1.97 bits per heavy atom. The number of nitrogens with one attached hydrogen (secondary N) is 3. The average Bonchev–Trinajstić information content (AvgIpc) is 3.61.